The number of hydrogen-bond acceptors (Lipinski definition) is 5. The van der Waals surface area contributed by atoms with Crippen LogP contribution in [0.15, 0.2) is 12.3 Å². The SMILES string of the molecule is CC(C)CN(c1ncc(C2CC2)cc1NC1CCC1)C1CC(C)CN(C(=O)OC(C)(C)C)C1. The minimum Gasteiger partial charge on any atom is -0.444 e. The van der Waals surface area contributed by atoms with Gasteiger partial charge in [0.25, 0.3) is 0 Å². The molecule has 33 heavy (non-hydrogen) atoms. The Morgan fingerprint density at radius 3 is 2.55 bits per heavy atom. The largest absolute Gasteiger partial charge is 0.444 e. The van der Waals surface area contributed by atoms with Crippen molar-refractivity contribution in [1.29, 1.82) is 0 Å². The number of amides is 1. The highest BCUT2D eigenvalue weighted by Gasteiger charge is 2.36. The lowest BCUT2D eigenvalue weighted by atomic mass is 9.92. The van der Waals surface area contributed by atoms with E-state index in [1.54, 1.807) is 0 Å². The van der Waals surface area contributed by atoms with Crippen LogP contribution in [0.4, 0.5) is 16.3 Å². The lowest BCUT2D eigenvalue weighted by Crippen LogP contribution is -2.54. The summed E-state index contributed by atoms with van der Waals surface area (Å²) < 4.78 is 5.73. The molecule has 0 bridgehead atoms. The van der Waals surface area contributed by atoms with Gasteiger partial charge < -0.3 is 19.9 Å². The lowest BCUT2D eigenvalue weighted by molar-refractivity contribution is 0.0150. The Kier molecular flexibility index (Phi) is 7.11. The minimum atomic E-state index is -0.481. The number of carbonyl (C=O) groups excluding carboxylic acids is 1. The normalized spacial score (nSPS) is 23.9. The number of carbonyl (C=O) groups is 1. The van der Waals surface area contributed by atoms with Gasteiger partial charge in [0.1, 0.15) is 5.60 Å². The van der Waals surface area contributed by atoms with Crippen LogP contribution >= 0.6 is 0 Å². The summed E-state index contributed by atoms with van der Waals surface area (Å²) in [5.41, 5.74) is 2.08. The molecule has 184 valence electrons. The van der Waals surface area contributed by atoms with Crippen LogP contribution in [0.3, 0.4) is 0 Å². The number of nitrogens with one attached hydrogen (secondary N) is 1. The third kappa shape index (κ3) is 6.33. The molecule has 2 heterocycles. The molecule has 1 aliphatic heterocycles. The van der Waals surface area contributed by atoms with Gasteiger partial charge in [-0.25, -0.2) is 9.78 Å². The predicted octanol–water partition coefficient (Wildman–Crippen LogP) is 6.03. The number of nitrogens with zero attached hydrogens (tertiary/aromatic N) is 3. The third-order valence-electron chi connectivity index (χ3n) is 6.97. The maximum absolute atomic E-state index is 12.9. The van der Waals surface area contributed by atoms with Crippen molar-refractivity contribution in [2.45, 2.75) is 104 Å². The van der Waals surface area contributed by atoms with Crippen LogP contribution in [-0.4, -0.2) is 53.3 Å². The molecule has 3 aliphatic rings. The molecule has 1 saturated heterocycles. The molecule has 0 spiro atoms. The first kappa shape index (κ1) is 24.2. The Morgan fingerprint density at radius 1 is 1.24 bits per heavy atom. The van der Waals surface area contributed by atoms with Gasteiger partial charge >= 0.3 is 6.09 Å². The number of piperidine rings is 1. The molecule has 2 aliphatic carbocycles. The Hall–Kier alpha value is -1.98. The summed E-state index contributed by atoms with van der Waals surface area (Å²) >= 11 is 0. The first-order chi connectivity index (χ1) is 15.6. The molecule has 2 atom stereocenters. The fourth-order valence-corrected chi connectivity index (χ4v) is 5.04. The Bertz CT molecular complexity index is 826. The van der Waals surface area contributed by atoms with Gasteiger partial charge in [-0.15, -0.1) is 0 Å². The molecule has 1 N–H and O–H groups in total. The predicted molar refractivity (Wildman–Crippen MR) is 135 cm³/mol. The van der Waals surface area contributed by atoms with E-state index in [-0.39, 0.29) is 12.1 Å². The van der Waals surface area contributed by atoms with Crippen molar-refractivity contribution >= 4 is 17.6 Å². The van der Waals surface area contributed by atoms with Crippen LogP contribution in [-0.2, 0) is 4.74 Å². The summed E-state index contributed by atoms with van der Waals surface area (Å²) in [6, 6.07) is 3.15. The van der Waals surface area contributed by atoms with Crippen LogP contribution in [0.2, 0.25) is 0 Å². The van der Waals surface area contributed by atoms with E-state index in [0.29, 0.717) is 30.3 Å². The zero-order valence-electron chi connectivity index (χ0n) is 21.6. The fourth-order valence-electron chi connectivity index (χ4n) is 5.04. The lowest BCUT2D eigenvalue weighted by Gasteiger charge is -2.44. The van der Waals surface area contributed by atoms with Crippen LogP contribution in [0, 0.1) is 11.8 Å². The van der Waals surface area contributed by atoms with Gasteiger partial charge in [-0.1, -0.05) is 20.8 Å². The highest BCUT2D eigenvalue weighted by molar-refractivity contribution is 5.70. The van der Waals surface area contributed by atoms with E-state index in [0.717, 1.165) is 25.3 Å². The second-order valence-corrected chi connectivity index (χ2v) is 12.1. The van der Waals surface area contributed by atoms with Gasteiger partial charge in [0.15, 0.2) is 5.82 Å². The average Bonchev–Trinajstić information content (AvgIpc) is 3.52. The van der Waals surface area contributed by atoms with E-state index in [9.17, 15) is 4.79 Å². The van der Waals surface area contributed by atoms with Gasteiger partial charge in [-0.3, -0.25) is 0 Å². The van der Waals surface area contributed by atoms with Crippen molar-refractivity contribution in [2.24, 2.45) is 11.8 Å². The number of aromatic nitrogens is 1. The second kappa shape index (κ2) is 9.71. The van der Waals surface area contributed by atoms with E-state index < -0.39 is 5.60 Å². The maximum atomic E-state index is 12.9. The van der Waals surface area contributed by atoms with E-state index >= 15 is 0 Å². The number of hydrogen-bond donors (Lipinski definition) is 1. The topological polar surface area (TPSA) is 57.7 Å². The fraction of sp³-hybridized carbons (Fsp3) is 0.778. The highest BCUT2D eigenvalue weighted by Crippen LogP contribution is 2.43. The van der Waals surface area contributed by atoms with Crippen LogP contribution in [0.5, 0.6) is 0 Å². The number of ether oxygens (including phenoxy) is 1. The van der Waals surface area contributed by atoms with Crippen molar-refractivity contribution in [2.75, 3.05) is 29.9 Å². The Labute approximate surface area is 200 Å². The van der Waals surface area contributed by atoms with Gasteiger partial charge in [0.05, 0.1) is 5.69 Å². The van der Waals surface area contributed by atoms with Crippen LogP contribution in [0.1, 0.15) is 91.5 Å². The summed E-state index contributed by atoms with van der Waals surface area (Å²) in [5, 5.41) is 3.83. The first-order valence-corrected chi connectivity index (χ1v) is 13.1. The molecule has 0 radical (unpaired) electrons. The number of likely N-dealkylation sites (tertiary alicyclic amines) is 1. The maximum Gasteiger partial charge on any atom is 0.410 e. The van der Waals surface area contributed by atoms with Crippen molar-refractivity contribution in [3.63, 3.8) is 0 Å². The zero-order valence-corrected chi connectivity index (χ0v) is 21.6. The van der Waals surface area contributed by atoms with Gasteiger partial charge in [-0.05, 0) is 88.7 Å². The molecule has 3 fully saturated rings. The molecule has 2 saturated carbocycles. The summed E-state index contributed by atoms with van der Waals surface area (Å²) in [6.45, 7) is 14.9. The van der Waals surface area contributed by atoms with Crippen molar-refractivity contribution in [1.82, 2.24) is 9.88 Å². The molecular weight excluding hydrogens is 412 g/mol. The molecular formula is C27H44N4O2. The molecule has 1 aromatic heterocycles. The quantitative estimate of drug-likeness (QED) is 0.543. The summed E-state index contributed by atoms with van der Waals surface area (Å²) in [4.78, 5) is 22.4. The second-order valence-electron chi connectivity index (χ2n) is 12.1. The summed E-state index contributed by atoms with van der Waals surface area (Å²) in [5.74, 6) is 2.66. The molecule has 2 unspecified atom stereocenters. The van der Waals surface area contributed by atoms with Gasteiger partial charge in [-0.2, -0.15) is 0 Å². The van der Waals surface area contributed by atoms with Crippen LogP contribution < -0.4 is 10.2 Å². The highest BCUT2D eigenvalue weighted by atomic mass is 16.6. The van der Waals surface area contributed by atoms with Crippen molar-refractivity contribution < 1.29 is 9.53 Å². The molecule has 4 rings (SSSR count). The smallest absolute Gasteiger partial charge is 0.410 e. The molecule has 6 nitrogen and oxygen atoms in total. The van der Waals surface area contributed by atoms with Gasteiger partial charge in [0, 0.05) is 37.9 Å². The monoisotopic (exact) mass is 456 g/mol. The minimum absolute atomic E-state index is 0.201. The van der Waals surface area contributed by atoms with Crippen LogP contribution in [0.25, 0.3) is 0 Å². The van der Waals surface area contributed by atoms with E-state index in [1.165, 1.54) is 43.4 Å². The van der Waals surface area contributed by atoms with Crippen molar-refractivity contribution in [3.05, 3.63) is 17.8 Å². The molecule has 0 aromatic carbocycles. The molecule has 6 heteroatoms. The zero-order chi connectivity index (χ0) is 23.8. The summed E-state index contributed by atoms with van der Waals surface area (Å²) in [7, 11) is 0. The standard InChI is InChI=1S/C27H44N4O2/c1-18(2)15-31(23-12-19(3)16-30(17-23)26(32)33-27(4,5)6)25-24(29-22-8-7-9-22)13-21(14-28-25)20-10-11-20/h13-14,18-20,22-23,29H,7-12,15-17H2,1-6H3. The average molecular weight is 457 g/mol. The number of pyridine rings is 1. The number of rotatable bonds is 7. The third-order valence-corrected chi connectivity index (χ3v) is 6.97. The Morgan fingerprint density at radius 2 is 1.97 bits per heavy atom. The van der Waals surface area contributed by atoms with Crippen molar-refractivity contribution in [3.8, 4) is 0 Å². The molecule has 1 amide bonds. The number of anilines is 2. The summed E-state index contributed by atoms with van der Waals surface area (Å²) in [6.07, 6.45) is 9.31. The molecule has 1 aromatic rings. The van der Waals surface area contributed by atoms with Gasteiger partial charge in [0.2, 0.25) is 0 Å². The Balaban J connectivity index is 1.61. The first-order valence-electron chi connectivity index (χ1n) is 13.1. The van der Waals surface area contributed by atoms with E-state index in [2.05, 4.69) is 43.3 Å². The van der Waals surface area contributed by atoms with E-state index in [1.807, 2.05) is 25.7 Å². The van der Waals surface area contributed by atoms with E-state index in [4.69, 9.17) is 9.72 Å².